The minimum absolute atomic E-state index is 0.0162. The molecule has 1 aliphatic carbocycles. The van der Waals surface area contributed by atoms with Crippen molar-refractivity contribution in [3.8, 4) is 0 Å². The van der Waals surface area contributed by atoms with Crippen LogP contribution in [0.25, 0.3) is 0 Å². The van der Waals surface area contributed by atoms with Gasteiger partial charge >= 0.3 is 0 Å². The molecule has 1 fully saturated rings. The van der Waals surface area contributed by atoms with Crippen molar-refractivity contribution in [1.82, 2.24) is 0 Å². The van der Waals surface area contributed by atoms with Crippen LogP contribution in [0.3, 0.4) is 0 Å². The molecule has 0 aliphatic heterocycles. The van der Waals surface area contributed by atoms with Gasteiger partial charge in [-0.3, -0.25) is 4.79 Å². The standard InChI is InChI=1S/C7H12O3S/c1-11(9,10)5-4-7(8)6-2-3-6/h6H,2-5H2,1H3. The number of ketones is 1. The molecule has 1 aliphatic rings. The quantitative estimate of drug-likeness (QED) is 0.623. The number of hydrogen-bond donors (Lipinski definition) is 0. The van der Waals surface area contributed by atoms with Gasteiger partial charge in [-0.1, -0.05) is 0 Å². The number of hydrogen-bond acceptors (Lipinski definition) is 3. The predicted molar refractivity (Wildman–Crippen MR) is 42.1 cm³/mol. The molecule has 1 saturated carbocycles. The molecule has 64 valence electrons. The molecule has 0 spiro atoms. The molecule has 4 heteroatoms. The van der Waals surface area contributed by atoms with Gasteiger partial charge in [-0.05, 0) is 12.8 Å². The number of carbonyl (C=O) groups excluding carboxylic acids is 1. The van der Waals surface area contributed by atoms with Gasteiger partial charge in [0.05, 0.1) is 5.75 Å². The van der Waals surface area contributed by atoms with E-state index < -0.39 is 9.84 Å². The van der Waals surface area contributed by atoms with Gasteiger partial charge in [0.15, 0.2) is 0 Å². The summed E-state index contributed by atoms with van der Waals surface area (Å²) >= 11 is 0. The van der Waals surface area contributed by atoms with E-state index in [2.05, 4.69) is 0 Å². The predicted octanol–water partition coefficient (Wildman–Crippen LogP) is 0.400. The fourth-order valence-electron chi connectivity index (χ4n) is 0.895. The molecule has 0 saturated heterocycles. The third-order valence-corrected chi connectivity index (χ3v) is 2.70. The van der Waals surface area contributed by atoms with Crippen LogP contribution in [0.15, 0.2) is 0 Å². The Morgan fingerprint density at radius 2 is 2.00 bits per heavy atom. The summed E-state index contributed by atoms with van der Waals surface area (Å²) in [6.45, 7) is 0. The largest absolute Gasteiger partial charge is 0.299 e. The van der Waals surface area contributed by atoms with E-state index in [-0.39, 0.29) is 23.9 Å². The first-order valence-corrected chi connectivity index (χ1v) is 5.75. The third-order valence-electron chi connectivity index (χ3n) is 1.75. The van der Waals surface area contributed by atoms with Gasteiger partial charge < -0.3 is 0 Å². The second-order valence-corrected chi connectivity index (χ2v) is 5.38. The SMILES string of the molecule is CS(=O)(=O)CCC(=O)C1CC1. The average molecular weight is 176 g/mol. The van der Waals surface area contributed by atoms with E-state index in [1.165, 1.54) is 0 Å². The molecule has 0 radical (unpaired) electrons. The van der Waals surface area contributed by atoms with Crippen molar-refractivity contribution < 1.29 is 13.2 Å². The Balaban J connectivity index is 2.26. The van der Waals surface area contributed by atoms with Crippen LogP contribution in [-0.4, -0.2) is 26.2 Å². The zero-order valence-corrected chi connectivity index (χ0v) is 7.36. The van der Waals surface area contributed by atoms with Gasteiger partial charge in [0.2, 0.25) is 0 Å². The van der Waals surface area contributed by atoms with Crippen molar-refractivity contribution in [1.29, 1.82) is 0 Å². The highest BCUT2D eigenvalue weighted by molar-refractivity contribution is 7.90. The van der Waals surface area contributed by atoms with E-state index >= 15 is 0 Å². The van der Waals surface area contributed by atoms with Crippen LogP contribution >= 0.6 is 0 Å². The van der Waals surface area contributed by atoms with Crippen LogP contribution in [0.5, 0.6) is 0 Å². The van der Waals surface area contributed by atoms with Crippen LogP contribution in [0, 0.1) is 5.92 Å². The second-order valence-electron chi connectivity index (χ2n) is 3.12. The highest BCUT2D eigenvalue weighted by Crippen LogP contribution is 2.30. The Kier molecular flexibility index (Phi) is 2.32. The van der Waals surface area contributed by atoms with Crippen molar-refractivity contribution in [3.05, 3.63) is 0 Å². The lowest BCUT2D eigenvalue weighted by molar-refractivity contribution is -0.119. The maximum atomic E-state index is 11.0. The Morgan fingerprint density at radius 3 is 2.36 bits per heavy atom. The monoisotopic (exact) mass is 176 g/mol. The van der Waals surface area contributed by atoms with Crippen LogP contribution < -0.4 is 0 Å². The maximum Gasteiger partial charge on any atom is 0.147 e. The fourth-order valence-corrected chi connectivity index (χ4v) is 1.47. The summed E-state index contributed by atoms with van der Waals surface area (Å²) in [5, 5.41) is 0. The van der Waals surface area contributed by atoms with Gasteiger partial charge in [0.1, 0.15) is 15.6 Å². The van der Waals surface area contributed by atoms with Crippen molar-refractivity contribution >= 4 is 15.6 Å². The third kappa shape index (κ3) is 3.51. The zero-order chi connectivity index (χ0) is 8.48. The molecular formula is C7H12O3S. The lowest BCUT2D eigenvalue weighted by atomic mass is 10.2. The molecule has 1 rings (SSSR count). The fraction of sp³-hybridized carbons (Fsp3) is 0.857. The van der Waals surface area contributed by atoms with Gasteiger partial charge in [0, 0.05) is 18.6 Å². The molecule has 0 heterocycles. The van der Waals surface area contributed by atoms with E-state index in [0.29, 0.717) is 0 Å². The van der Waals surface area contributed by atoms with Crippen LogP contribution in [0.2, 0.25) is 0 Å². The first-order chi connectivity index (χ1) is 4.99. The van der Waals surface area contributed by atoms with E-state index in [4.69, 9.17) is 0 Å². The second kappa shape index (κ2) is 2.93. The van der Waals surface area contributed by atoms with Gasteiger partial charge in [-0.2, -0.15) is 0 Å². The Labute approximate surface area is 66.7 Å². The summed E-state index contributed by atoms with van der Waals surface area (Å²) in [5.74, 6) is 0.328. The highest BCUT2D eigenvalue weighted by atomic mass is 32.2. The molecule has 11 heavy (non-hydrogen) atoms. The zero-order valence-electron chi connectivity index (χ0n) is 6.54. The summed E-state index contributed by atoms with van der Waals surface area (Å²) in [5.41, 5.74) is 0. The van der Waals surface area contributed by atoms with Crippen LogP contribution in [0.4, 0.5) is 0 Å². The number of sulfone groups is 1. The summed E-state index contributed by atoms with van der Waals surface area (Å²) in [4.78, 5) is 11.0. The van der Waals surface area contributed by atoms with E-state index in [9.17, 15) is 13.2 Å². The summed E-state index contributed by atoms with van der Waals surface area (Å²) < 4.78 is 21.3. The number of rotatable bonds is 4. The van der Waals surface area contributed by atoms with Gasteiger partial charge in [-0.25, -0.2) is 8.42 Å². The molecule has 0 aromatic rings. The minimum atomic E-state index is -2.95. The summed E-state index contributed by atoms with van der Waals surface area (Å²) in [6.07, 6.45) is 3.29. The Morgan fingerprint density at radius 1 is 1.45 bits per heavy atom. The Hall–Kier alpha value is -0.380. The molecule has 0 N–H and O–H groups in total. The number of carbonyl (C=O) groups is 1. The average Bonchev–Trinajstić information content (AvgIpc) is 2.61. The lowest BCUT2D eigenvalue weighted by Crippen LogP contribution is -2.10. The number of Topliss-reactive ketones (excluding diaryl/α,β-unsaturated/α-hetero) is 1. The Bertz CT molecular complexity index is 249. The normalized spacial score (nSPS) is 18.3. The molecule has 0 bridgehead atoms. The van der Waals surface area contributed by atoms with Gasteiger partial charge in [0.25, 0.3) is 0 Å². The molecular weight excluding hydrogens is 164 g/mol. The first kappa shape index (κ1) is 8.71. The van der Waals surface area contributed by atoms with Crippen LogP contribution in [0.1, 0.15) is 19.3 Å². The molecule has 0 amide bonds. The molecule has 0 aromatic heterocycles. The topological polar surface area (TPSA) is 51.2 Å². The van der Waals surface area contributed by atoms with E-state index in [0.717, 1.165) is 19.1 Å². The van der Waals surface area contributed by atoms with Gasteiger partial charge in [-0.15, -0.1) is 0 Å². The molecule has 0 aromatic carbocycles. The minimum Gasteiger partial charge on any atom is -0.299 e. The molecule has 0 unspecified atom stereocenters. The van der Waals surface area contributed by atoms with Crippen molar-refractivity contribution in [2.75, 3.05) is 12.0 Å². The van der Waals surface area contributed by atoms with E-state index in [1.54, 1.807) is 0 Å². The summed E-state index contributed by atoms with van der Waals surface area (Å²) in [7, 11) is -2.95. The first-order valence-electron chi connectivity index (χ1n) is 3.69. The van der Waals surface area contributed by atoms with Crippen molar-refractivity contribution in [2.45, 2.75) is 19.3 Å². The smallest absolute Gasteiger partial charge is 0.147 e. The summed E-state index contributed by atoms with van der Waals surface area (Å²) in [6, 6.07) is 0. The lowest BCUT2D eigenvalue weighted by Gasteiger charge is -1.95. The van der Waals surface area contributed by atoms with Crippen molar-refractivity contribution in [2.24, 2.45) is 5.92 Å². The van der Waals surface area contributed by atoms with Crippen molar-refractivity contribution in [3.63, 3.8) is 0 Å². The van der Waals surface area contributed by atoms with E-state index in [1.807, 2.05) is 0 Å². The van der Waals surface area contributed by atoms with Crippen LogP contribution in [-0.2, 0) is 14.6 Å². The highest BCUT2D eigenvalue weighted by Gasteiger charge is 2.29. The molecule has 3 nitrogen and oxygen atoms in total. The molecule has 0 atom stereocenters. The maximum absolute atomic E-state index is 11.0.